The van der Waals surface area contributed by atoms with Gasteiger partial charge in [-0.05, 0) is 45.7 Å². The van der Waals surface area contributed by atoms with Gasteiger partial charge < -0.3 is 20.1 Å². The summed E-state index contributed by atoms with van der Waals surface area (Å²) in [5.74, 6) is 0.298. The molecule has 0 spiro atoms. The number of carbonyl (C=O) groups excluding carboxylic acids is 1. The van der Waals surface area contributed by atoms with E-state index in [0.29, 0.717) is 30.1 Å². The lowest BCUT2D eigenvalue weighted by Crippen LogP contribution is -2.46. The smallest absolute Gasteiger partial charge is 0.410 e. The molecule has 148 valence electrons. The molecule has 0 bridgehead atoms. The number of piperidine rings is 1. The highest BCUT2D eigenvalue weighted by Crippen LogP contribution is 2.32. The second-order valence-electron chi connectivity index (χ2n) is 7.54. The standard InChI is InChI=1S/C17H24N4O5S/c1-17(2,3)26-16(22)21-9-5-6-11(10-21)25-13-8-4-7-12-14(13)15(18)20-27(23,24)19-12/h4,7-8,11,19H,5-6,9-10H2,1-3H3,(H2,18,20)/t11-/m0/s1. The molecule has 1 aromatic carbocycles. The first-order valence-corrected chi connectivity index (χ1v) is 10.1. The Kier molecular flexibility index (Phi) is 4.94. The quantitative estimate of drug-likeness (QED) is 0.786. The molecule has 9 nitrogen and oxygen atoms in total. The van der Waals surface area contributed by atoms with Gasteiger partial charge in [0.1, 0.15) is 17.5 Å². The van der Waals surface area contributed by atoms with E-state index in [1.165, 1.54) is 0 Å². The second kappa shape index (κ2) is 6.91. The first kappa shape index (κ1) is 19.3. The third-order valence-corrected chi connectivity index (χ3v) is 4.98. The number of fused-ring (bicyclic) bond motifs is 1. The molecule has 0 aromatic heterocycles. The molecule has 0 aliphatic carbocycles. The monoisotopic (exact) mass is 396 g/mol. The summed E-state index contributed by atoms with van der Waals surface area (Å²) in [4.78, 5) is 13.9. The van der Waals surface area contributed by atoms with Crippen LogP contribution in [0.25, 0.3) is 0 Å². The third kappa shape index (κ3) is 4.62. The first-order valence-electron chi connectivity index (χ1n) is 8.70. The van der Waals surface area contributed by atoms with E-state index in [4.69, 9.17) is 15.2 Å². The molecule has 2 aliphatic rings. The Morgan fingerprint density at radius 2 is 2.11 bits per heavy atom. The molecule has 27 heavy (non-hydrogen) atoms. The fraction of sp³-hybridized carbons (Fsp3) is 0.529. The van der Waals surface area contributed by atoms with Crippen molar-refractivity contribution in [3.63, 3.8) is 0 Å². The van der Waals surface area contributed by atoms with Gasteiger partial charge in [0.15, 0.2) is 5.84 Å². The summed E-state index contributed by atoms with van der Waals surface area (Å²) in [6.45, 7) is 6.44. The zero-order valence-electron chi connectivity index (χ0n) is 15.6. The summed E-state index contributed by atoms with van der Waals surface area (Å²) in [5.41, 5.74) is 6.00. The number of nitrogens with zero attached hydrogens (tertiary/aromatic N) is 2. The molecule has 1 fully saturated rings. The molecule has 3 rings (SSSR count). The summed E-state index contributed by atoms with van der Waals surface area (Å²) in [6, 6.07) is 4.96. The van der Waals surface area contributed by atoms with Gasteiger partial charge >= 0.3 is 16.3 Å². The van der Waals surface area contributed by atoms with Crippen molar-refractivity contribution in [2.45, 2.75) is 45.3 Å². The van der Waals surface area contributed by atoms with E-state index in [-0.39, 0.29) is 18.0 Å². The van der Waals surface area contributed by atoms with Crippen LogP contribution in [0.2, 0.25) is 0 Å². The lowest BCUT2D eigenvalue weighted by atomic mass is 10.1. The number of hydrogen-bond donors (Lipinski definition) is 2. The highest BCUT2D eigenvalue weighted by molar-refractivity contribution is 7.91. The molecule has 1 atom stereocenters. The molecule has 3 N–H and O–H groups in total. The van der Waals surface area contributed by atoms with E-state index in [2.05, 4.69) is 9.12 Å². The number of nitrogens with one attached hydrogen (secondary N) is 1. The predicted molar refractivity (Wildman–Crippen MR) is 101 cm³/mol. The normalized spacial score (nSPS) is 21.5. The molecule has 0 radical (unpaired) electrons. The number of carbonyl (C=O) groups is 1. The molecular weight excluding hydrogens is 372 g/mol. The minimum atomic E-state index is -3.84. The van der Waals surface area contributed by atoms with Gasteiger partial charge in [0.25, 0.3) is 0 Å². The van der Waals surface area contributed by atoms with Gasteiger partial charge in [0.2, 0.25) is 0 Å². The molecule has 2 heterocycles. The molecule has 10 heteroatoms. The number of benzene rings is 1. The molecule has 1 aromatic rings. The van der Waals surface area contributed by atoms with Gasteiger partial charge in [-0.2, -0.15) is 8.42 Å². The van der Waals surface area contributed by atoms with Crippen molar-refractivity contribution in [3.8, 4) is 5.75 Å². The summed E-state index contributed by atoms with van der Waals surface area (Å²) in [5, 5.41) is 0. The Hall–Kier alpha value is -2.49. The van der Waals surface area contributed by atoms with Crippen LogP contribution in [0.15, 0.2) is 22.6 Å². The van der Waals surface area contributed by atoms with Crippen LogP contribution < -0.4 is 15.2 Å². The molecule has 0 unspecified atom stereocenters. The topological polar surface area (TPSA) is 123 Å². The van der Waals surface area contributed by atoms with Gasteiger partial charge in [-0.15, -0.1) is 4.40 Å². The van der Waals surface area contributed by atoms with Gasteiger partial charge in [-0.3, -0.25) is 4.72 Å². The average molecular weight is 396 g/mol. The van der Waals surface area contributed by atoms with E-state index < -0.39 is 15.8 Å². The van der Waals surface area contributed by atoms with E-state index in [9.17, 15) is 13.2 Å². The summed E-state index contributed by atoms with van der Waals surface area (Å²) < 4.78 is 40.7. The number of ether oxygens (including phenoxy) is 2. The summed E-state index contributed by atoms with van der Waals surface area (Å²) >= 11 is 0. The highest BCUT2D eigenvalue weighted by atomic mass is 32.2. The van der Waals surface area contributed by atoms with Gasteiger partial charge in [0.05, 0.1) is 17.8 Å². The van der Waals surface area contributed by atoms with E-state index in [0.717, 1.165) is 12.8 Å². The molecule has 2 aliphatic heterocycles. The van der Waals surface area contributed by atoms with Crippen LogP contribution in [0.5, 0.6) is 5.75 Å². The largest absolute Gasteiger partial charge is 0.488 e. The van der Waals surface area contributed by atoms with Crippen molar-refractivity contribution in [1.82, 2.24) is 4.90 Å². The second-order valence-corrected chi connectivity index (χ2v) is 8.88. The maximum atomic E-state index is 12.3. The van der Waals surface area contributed by atoms with E-state index >= 15 is 0 Å². The molecule has 0 saturated carbocycles. The van der Waals surface area contributed by atoms with Crippen molar-refractivity contribution >= 4 is 27.8 Å². The number of anilines is 1. The molecule has 1 amide bonds. The van der Waals surface area contributed by atoms with Crippen LogP contribution in [0.1, 0.15) is 39.2 Å². The van der Waals surface area contributed by atoms with E-state index in [1.807, 2.05) is 20.8 Å². The third-order valence-electron chi connectivity index (χ3n) is 4.06. The lowest BCUT2D eigenvalue weighted by molar-refractivity contribution is 0.00774. The SMILES string of the molecule is CC(C)(C)OC(=O)N1CCC[C@H](Oc2cccc3c2C(N)=NS(=O)(=O)N3)C1. The van der Waals surface area contributed by atoms with Gasteiger partial charge in [0, 0.05) is 6.54 Å². The zero-order chi connectivity index (χ0) is 19.8. The van der Waals surface area contributed by atoms with Crippen LogP contribution >= 0.6 is 0 Å². The summed E-state index contributed by atoms with van der Waals surface area (Å²) in [7, 11) is -3.84. The Morgan fingerprint density at radius 1 is 1.37 bits per heavy atom. The van der Waals surface area contributed by atoms with E-state index in [1.54, 1.807) is 23.1 Å². The van der Waals surface area contributed by atoms with Gasteiger partial charge in [-0.25, -0.2) is 4.79 Å². The fourth-order valence-electron chi connectivity index (χ4n) is 3.02. The predicted octanol–water partition coefficient (Wildman–Crippen LogP) is 1.84. The Bertz CT molecular complexity index is 876. The van der Waals surface area contributed by atoms with Crippen LogP contribution in [0, 0.1) is 0 Å². The van der Waals surface area contributed by atoms with Gasteiger partial charge in [-0.1, -0.05) is 6.07 Å². The fourth-order valence-corrected chi connectivity index (χ4v) is 3.87. The van der Waals surface area contributed by atoms with Crippen molar-refractivity contribution in [2.75, 3.05) is 17.8 Å². The highest BCUT2D eigenvalue weighted by Gasteiger charge is 2.30. The van der Waals surface area contributed by atoms with Crippen molar-refractivity contribution in [1.29, 1.82) is 0 Å². The number of hydrogen-bond acceptors (Lipinski definition) is 6. The van der Waals surface area contributed by atoms with Crippen molar-refractivity contribution in [2.24, 2.45) is 10.1 Å². The van der Waals surface area contributed by atoms with Crippen molar-refractivity contribution < 1.29 is 22.7 Å². The number of rotatable bonds is 2. The maximum absolute atomic E-state index is 12.3. The molecular formula is C17H24N4O5S. The number of amidine groups is 1. The van der Waals surface area contributed by atoms with Crippen LogP contribution in [-0.4, -0.2) is 50.0 Å². The lowest BCUT2D eigenvalue weighted by Gasteiger charge is -2.34. The number of nitrogens with two attached hydrogens (primary N) is 1. The minimum absolute atomic E-state index is 0.126. The maximum Gasteiger partial charge on any atom is 0.410 e. The molecule has 1 saturated heterocycles. The average Bonchev–Trinajstić information content (AvgIpc) is 2.52. The zero-order valence-corrected chi connectivity index (χ0v) is 16.4. The number of amides is 1. The number of likely N-dealkylation sites (tertiary alicyclic amines) is 1. The van der Waals surface area contributed by atoms with Crippen LogP contribution in [0.4, 0.5) is 10.5 Å². The van der Waals surface area contributed by atoms with Crippen LogP contribution in [0.3, 0.4) is 0 Å². The Balaban J connectivity index is 1.76. The Labute approximate surface area is 158 Å². The summed E-state index contributed by atoms with van der Waals surface area (Å²) in [6.07, 6.45) is 0.893. The minimum Gasteiger partial charge on any atom is -0.488 e. The van der Waals surface area contributed by atoms with Crippen molar-refractivity contribution in [3.05, 3.63) is 23.8 Å². The Morgan fingerprint density at radius 3 is 2.81 bits per heavy atom. The first-order chi connectivity index (χ1) is 12.5. The van der Waals surface area contributed by atoms with Crippen LogP contribution in [-0.2, 0) is 14.9 Å².